The van der Waals surface area contributed by atoms with E-state index in [1.807, 2.05) is 0 Å². The molecule has 0 fully saturated rings. The van der Waals surface area contributed by atoms with Crippen LogP contribution in [-0.4, -0.2) is 40.4 Å². The molecule has 0 unspecified atom stereocenters. The normalized spacial score (nSPS) is 14.8. The standard InChI is InChI=1S/C17H25NO6/c1-9(2)16(21)23-10(3)11(4)24-17(22)13(18)7-12-5-6-14(19)15(20)8-12/h5-6,8-11,13,19-20H,7,18H2,1-4H3/t10-,11+,13-/m0/s1. The second kappa shape index (κ2) is 8.54. The van der Waals surface area contributed by atoms with Gasteiger partial charge in [0, 0.05) is 0 Å². The van der Waals surface area contributed by atoms with E-state index in [4.69, 9.17) is 15.2 Å². The van der Waals surface area contributed by atoms with Crippen LogP contribution in [0.3, 0.4) is 0 Å². The topological polar surface area (TPSA) is 119 Å². The van der Waals surface area contributed by atoms with Crippen molar-refractivity contribution in [3.8, 4) is 11.5 Å². The van der Waals surface area contributed by atoms with Crippen molar-refractivity contribution in [3.63, 3.8) is 0 Å². The summed E-state index contributed by atoms with van der Waals surface area (Å²) in [7, 11) is 0. The zero-order valence-electron chi connectivity index (χ0n) is 14.4. The molecule has 0 aromatic heterocycles. The van der Waals surface area contributed by atoms with Crippen LogP contribution in [0, 0.1) is 5.92 Å². The summed E-state index contributed by atoms with van der Waals surface area (Å²) in [5, 5.41) is 18.7. The number of aromatic hydroxyl groups is 2. The number of carbonyl (C=O) groups excluding carboxylic acids is 2. The summed E-state index contributed by atoms with van der Waals surface area (Å²) in [6.07, 6.45) is -1.09. The summed E-state index contributed by atoms with van der Waals surface area (Å²) in [5.41, 5.74) is 6.39. The van der Waals surface area contributed by atoms with Gasteiger partial charge in [-0.2, -0.15) is 0 Å². The Morgan fingerprint density at radius 3 is 2.04 bits per heavy atom. The maximum absolute atomic E-state index is 12.0. The van der Waals surface area contributed by atoms with E-state index in [0.717, 1.165) is 0 Å². The third-order valence-electron chi connectivity index (χ3n) is 3.53. The Balaban J connectivity index is 2.56. The number of carbonyl (C=O) groups is 2. The highest BCUT2D eigenvalue weighted by molar-refractivity contribution is 5.76. The minimum Gasteiger partial charge on any atom is -0.504 e. The predicted octanol–water partition coefficient (Wildman–Crippen LogP) is 1.49. The zero-order chi connectivity index (χ0) is 18.4. The van der Waals surface area contributed by atoms with Crippen molar-refractivity contribution in [2.45, 2.75) is 52.4 Å². The molecular formula is C17H25NO6. The Hall–Kier alpha value is -2.28. The smallest absolute Gasteiger partial charge is 0.323 e. The number of ether oxygens (including phenoxy) is 2. The monoisotopic (exact) mass is 339 g/mol. The highest BCUT2D eigenvalue weighted by Crippen LogP contribution is 2.25. The lowest BCUT2D eigenvalue weighted by atomic mass is 10.1. The molecule has 0 amide bonds. The van der Waals surface area contributed by atoms with Crippen molar-refractivity contribution in [3.05, 3.63) is 23.8 Å². The molecule has 0 saturated heterocycles. The summed E-state index contributed by atoms with van der Waals surface area (Å²) in [6, 6.07) is 3.26. The average molecular weight is 339 g/mol. The van der Waals surface area contributed by atoms with E-state index in [1.54, 1.807) is 33.8 Å². The first-order chi connectivity index (χ1) is 11.1. The van der Waals surface area contributed by atoms with Gasteiger partial charge in [-0.25, -0.2) is 0 Å². The van der Waals surface area contributed by atoms with Crippen molar-refractivity contribution in [1.82, 2.24) is 0 Å². The molecule has 7 heteroatoms. The highest BCUT2D eigenvalue weighted by Gasteiger charge is 2.25. The maximum Gasteiger partial charge on any atom is 0.323 e. The molecule has 7 nitrogen and oxygen atoms in total. The van der Waals surface area contributed by atoms with Crippen LogP contribution in [0.4, 0.5) is 0 Å². The molecule has 1 rings (SSSR count). The van der Waals surface area contributed by atoms with Crippen LogP contribution in [0.15, 0.2) is 18.2 Å². The van der Waals surface area contributed by atoms with Gasteiger partial charge in [0.25, 0.3) is 0 Å². The van der Waals surface area contributed by atoms with Gasteiger partial charge in [-0.05, 0) is 38.0 Å². The molecule has 0 aliphatic rings. The van der Waals surface area contributed by atoms with Gasteiger partial charge in [0.15, 0.2) is 11.5 Å². The van der Waals surface area contributed by atoms with E-state index in [0.29, 0.717) is 5.56 Å². The highest BCUT2D eigenvalue weighted by atomic mass is 16.6. The van der Waals surface area contributed by atoms with Crippen LogP contribution >= 0.6 is 0 Å². The Bertz CT molecular complexity index is 586. The molecule has 0 heterocycles. The molecule has 1 aromatic carbocycles. The van der Waals surface area contributed by atoms with Crippen LogP contribution in [0.5, 0.6) is 11.5 Å². The third kappa shape index (κ3) is 5.73. The largest absolute Gasteiger partial charge is 0.504 e. The molecule has 0 saturated carbocycles. The fourth-order valence-electron chi connectivity index (χ4n) is 1.81. The lowest BCUT2D eigenvalue weighted by Gasteiger charge is -2.23. The van der Waals surface area contributed by atoms with Gasteiger partial charge in [-0.1, -0.05) is 19.9 Å². The fourth-order valence-corrected chi connectivity index (χ4v) is 1.81. The van der Waals surface area contributed by atoms with Gasteiger partial charge in [-0.15, -0.1) is 0 Å². The molecule has 24 heavy (non-hydrogen) atoms. The fraction of sp³-hybridized carbons (Fsp3) is 0.529. The molecule has 0 aliphatic carbocycles. The van der Waals surface area contributed by atoms with Crippen LogP contribution in [0.25, 0.3) is 0 Å². The lowest BCUT2D eigenvalue weighted by molar-refractivity contribution is -0.168. The summed E-state index contributed by atoms with van der Waals surface area (Å²) in [5.74, 6) is -1.79. The maximum atomic E-state index is 12.0. The number of rotatable bonds is 7. The summed E-state index contributed by atoms with van der Waals surface area (Å²) in [4.78, 5) is 23.6. The number of hydrogen-bond donors (Lipinski definition) is 3. The third-order valence-corrected chi connectivity index (χ3v) is 3.53. The van der Waals surface area contributed by atoms with Crippen molar-refractivity contribution in [2.75, 3.05) is 0 Å². The first kappa shape index (κ1) is 19.8. The van der Waals surface area contributed by atoms with E-state index >= 15 is 0 Å². The van der Waals surface area contributed by atoms with Crippen LogP contribution < -0.4 is 5.73 Å². The number of benzene rings is 1. The Labute approximate surface area is 141 Å². The molecule has 1 aromatic rings. The number of esters is 2. The molecule has 0 aliphatic heterocycles. The van der Waals surface area contributed by atoms with Crippen LogP contribution in [0.2, 0.25) is 0 Å². The number of hydrogen-bond acceptors (Lipinski definition) is 7. The molecule has 4 N–H and O–H groups in total. The number of phenolic OH excluding ortho intramolecular Hbond substituents is 2. The summed E-state index contributed by atoms with van der Waals surface area (Å²) in [6.45, 7) is 6.69. The average Bonchev–Trinajstić information content (AvgIpc) is 2.50. The van der Waals surface area contributed by atoms with E-state index in [2.05, 4.69) is 0 Å². The quantitative estimate of drug-likeness (QED) is 0.508. The zero-order valence-corrected chi connectivity index (χ0v) is 14.4. The first-order valence-corrected chi connectivity index (χ1v) is 7.79. The Morgan fingerprint density at radius 1 is 1.00 bits per heavy atom. The second-order valence-corrected chi connectivity index (χ2v) is 6.07. The molecule has 0 bridgehead atoms. The van der Waals surface area contributed by atoms with Gasteiger partial charge >= 0.3 is 11.9 Å². The van der Waals surface area contributed by atoms with Crippen molar-refractivity contribution >= 4 is 11.9 Å². The van der Waals surface area contributed by atoms with Gasteiger partial charge < -0.3 is 25.4 Å². The van der Waals surface area contributed by atoms with Crippen molar-refractivity contribution in [1.29, 1.82) is 0 Å². The van der Waals surface area contributed by atoms with E-state index in [9.17, 15) is 19.8 Å². The molecule has 0 radical (unpaired) electrons. The van der Waals surface area contributed by atoms with E-state index < -0.39 is 24.2 Å². The lowest BCUT2D eigenvalue weighted by Crippen LogP contribution is -2.39. The predicted molar refractivity (Wildman–Crippen MR) is 87.4 cm³/mol. The molecule has 0 spiro atoms. The molecule has 3 atom stereocenters. The van der Waals surface area contributed by atoms with Gasteiger partial charge in [0.2, 0.25) is 0 Å². The second-order valence-electron chi connectivity index (χ2n) is 6.07. The first-order valence-electron chi connectivity index (χ1n) is 7.79. The summed E-state index contributed by atoms with van der Waals surface area (Å²) < 4.78 is 10.4. The number of nitrogens with two attached hydrogens (primary N) is 1. The van der Waals surface area contributed by atoms with Gasteiger partial charge in [0.1, 0.15) is 18.2 Å². The van der Waals surface area contributed by atoms with Gasteiger partial charge in [-0.3, -0.25) is 9.59 Å². The van der Waals surface area contributed by atoms with Crippen LogP contribution in [0.1, 0.15) is 33.3 Å². The van der Waals surface area contributed by atoms with Crippen molar-refractivity contribution in [2.24, 2.45) is 11.7 Å². The van der Waals surface area contributed by atoms with E-state index in [1.165, 1.54) is 12.1 Å². The summed E-state index contributed by atoms with van der Waals surface area (Å²) >= 11 is 0. The van der Waals surface area contributed by atoms with Gasteiger partial charge in [0.05, 0.1) is 5.92 Å². The minimum absolute atomic E-state index is 0.138. The van der Waals surface area contributed by atoms with E-state index in [-0.39, 0.29) is 29.8 Å². The number of phenols is 2. The van der Waals surface area contributed by atoms with Crippen molar-refractivity contribution < 1.29 is 29.3 Å². The molecule has 134 valence electrons. The SMILES string of the molecule is CC(C)C(=O)O[C@@H](C)[C@@H](C)OC(=O)[C@@H](N)Cc1ccc(O)c(O)c1. The van der Waals surface area contributed by atoms with Crippen LogP contribution in [-0.2, 0) is 25.5 Å². The molecular weight excluding hydrogens is 314 g/mol. The minimum atomic E-state index is -0.940. The Kier molecular flexibility index (Phi) is 7.03. The Morgan fingerprint density at radius 2 is 1.54 bits per heavy atom.